The standard InChI is InChI=1S/C12H20N2O4/c1-9-7-10(8-17-3)18-11(9)14(5-4-6-15)12(16)13-2/h4-6,9-11H,7-8H2,1-3H3,(H,13,16)/b5-4-. The average Bonchev–Trinajstić information content (AvgIpc) is 2.71. The van der Waals surface area contributed by atoms with Crippen LogP contribution in [0, 0.1) is 5.92 Å². The van der Waals surface area contributed by atoms with E-state index < -0.39 is 0 Å². The summed E-state index contributed by atoms with van der Waals surface area (Å²) in [5.41, 5.74) is 0. The molecule has 1 fully saturated rings. The molecule has 1 saturated heterocycles. The summed E-state index contributed by atoms with van der Waals surface area (Å²) < 4.78 is 10.8. The third-order valence-electron chi connectivity index (χ3n) is 2.85. The molecule has 0 aromatic carbocycles. The van der Waals surface area contributed by atoms with Crippen LogP contribution in [0.1, 0.15) is 13.3 Å². The third-order valence-corrected chi connectivity index (χ3v) is 2.85. The molecule has 3 unspecified atom stereocenters. The van der Waals surface area contributed by atoms with E-state index >= 15 is 0 Å². The van der Waals surface area contributed by atoms with E-state index in [1.807, 2.05) is 6.92 Å². The SMILES string of the molecule is CNC(=O)N(/C=C\C=O)C1OC(COC)CC1C. The van der Waals surface area contributed by atoms with Gasteiger partial charge in [-0.15, -0.1) is 0 Å². The van der Waals surface area contributed by atoms with Crippen molar-refractivity contribution >= 4 is 12.3 Å². The highest BCUT2D eigenvalue weighted by molar-refractivity contribution is 5.76. The molecule has 0 saturated carbocycles. The molecule has 0 spiro atoms. The first-order chi connectivity index (χ1) is 8.63. The summed E-state index contributed by atoms with van der Waals surface area (Å²) in [6, 6.07) is -0.303. The Morgan fingerprint density at radius 3 is 2.89 bits per heavy atom. The molecule has 1 aliphatic rings. The lowest BCUT2D eigenvalue weighted by Gasteiger charge is -2.27. The number of aldehydes is 1. The van der Waals surface area contributed by atoms with E-state index in [0.717, 1.165) is 6.42 Å². The van der Waals surface area contributed by atoms with E-state index in [2.05, 4.69) is 5.32 Å². The fraction of sp³-hybridized carbons (Fsp3) is 0.667. The lowest BCUT2D eigenvalue weighted by atomic mass is 10.1. The van der Waals surface area contributed by atoms with Gasteiger partial charge in [0.05, 0.1) is 12.7 Å². The molecule has 6 heteroatoms. The second kappa shape index (κ2) is 7.13. The summed E-state index contributed by atoms with van der Waals surface area (Å²) in [4.78, 5) is 23.5. The first kappa shape index (κ1) is 14.7. The Morgan fingerprint density at radius 1 is 1.61 bits per heavy atom. The summed E-state index contributed by atoms with van der Waals surface area (Å²) in [6.07, 6.45) is 3.76. The van der Waals surface area contributed by atoms with Crippen molar-refractivity contribution in [2.24, 2.45) is 5.92 Å². The number of nitrogens with zero attached hydrogens (tertiary/aromatic N) is 1. The zero-order valence-electron chi connectivity index (χ0n) is 11.0. The van der Waals surface area contributed by atoms with Crippen molar-refractivity contribution in [2.45, 2.75) is 25.7 Å². The molecule has 1 N–H and O–H groups in total. The Labute approximate surface area is 107 Å². The molecule has 102 valence electrons. The number of ether oxygens (including phenoxy) is 2. The Morgan fingerprint density at radius 2 is 2.33 bits per heavy atom. The minimum atomic E-state index is -0.374. The number of carbonyl (C=O) groups is 2. The van der Waals surface area contributed by atoms with Gasteiger partial charge in [0.15, 0.2) is 0 Å². The van der Waals surface area contributed by atoms with Crippen molar-refractivity contribution in [1.82, 2.24) is 10.2 Å². The van der Waals surface area contributed by atoms with Gasteiger partial charge in [-0.25, -0.2) is 4.79 Å². The number of carbonyl (C=O) groups excluding carboxylic acids is 2. The monoisotopic (exact) mass is 256 g/mol. The number of nitrogens with one attached hydrogen (secondary N) is 1. The number of urea groups is 1. The largest absolute Gasteiger partial charge is 0.382 e. The van der Waals surface area contributed by atoms with Gasteiger partial charge in [-0.05, 0) is 12.5 Å². The van der Waals surface area contributed by atoms with Crippen LogP contribution in [0.3, 0.4) is 0 Å². The van der Waals surface area contributed by atoms with E-state index in [4.69, 9.17) is 9.47 Å². The molecule has 0 radical (unpaired) electrons. The van der Waals surface area contributed by atoms with Crippen LogP contribution in [-0.2, 0) is 14.3 Å². The lowest BCUT2D eigenvalue weighted by molar-refractivity contribution is -0.104. The van der Waals surface area contributed by atoms with Crippen molar-refractivity contribution in [3.8, 4) is 0 Å². The highest BCUT2D eigenvalue weighted by atomic mass is 16.5. The minimum absolute atomic E-state index is 0.0215. The molecule has 18 heavy (non-hydrogen) atoms. The van der Waals surface area contributed by atoms with Crippen LogP contribution in [-0.4, -0.2) is 50.3 Å². The number of allylic oxidation sites excluding steroid dienone is 1. The van der Waals surface area contributed by atoms with Crippen LogP contribution in [0.2, 0.25) is 0 Å². The Kier molecular flexibility index (Phi) is 5.80. The van der Waals surface area contributed by atoms with Crippen LogP contribution >= 0.6 is 0 Å². The van der Waals surface area contributed by atoms with Gasteiger partial charge in [0.1, 0.15) is 12.5 Å². The molecule has 0 bridgehead atoms. The molecule has 0 aromatic rings. The first-order valence-corrected chi connectivity index (χ1v) is 5.90. The van der Waals surface area contributed by atoms with E-state index in [0.29, 0.717) is 12.9 Å². The number of hydrogen-bond acceptors (Lipinski definition) is 4. The van der Waals surface area contributed by atoms with Crippen molar-refractivity contribution in [3.63, 3.8) is 0 Å². The molecule has 3 atom stereocenters. The van der Waals surface area contributed by atoms with Crippen LogP contribution in [0.25, 0.3) is 0 Å². The molecular formula is C12H20N2O4. The second-order valence-corrected chi connectivity index (χ2v) is 4.26. The Balaban J connectivity index is 2.76. The van der Waals surface area contributed by atoms with Crippen LogP contribution in [0.5, 0.6) is 0 Å². The van der Waals surface area contributed by atoms with Crippen LogP contribution < -0.4 is 5.32 Å². The third kappa shape index (κ3) is 3.54. The van der Waals surface area contributed by atoms with Crippen molar-refractivity contribution in [1.29, 1.82) is 0 Å². The summed E-state index contributed by atoms with van der Waals surface area (Å²) >= 11 is 0. The van der Waals surface area contributed by atoms with Crippen molar-refractivity contribution in [2.75, 3.05) is 20.8 Å². The van der Waals surface area contributed by atoms with Crippen LogP contribution in [0.15, 0.2) is 12.3 Å². The van der Waals surface area contributed by atoms with E-state index in [9.17, 15) is 9.59 Å². The van der Waals surface area contributed by atoms with E-state index in [-0.39, 0.29) is 24.3 Å². The van der Waals surface area contributed by atoms with Gasteiger partial charge < -0.3 is 14.8 Å². The Hall–Kier alpha value is -1.40. The zero-order valence-corrected chi connectivity index (χ0v) is 11.0. The van der Waals surface area contributed by atoms with Gasteiger partial charge in [-0.1, -0.05) is 6.92 Å². The van der Waals surface area contributed by atoms with E-state index in [1.54, 1.807) is 7.11 Å². The van der Waals surface area contributed by atoms with Gasteiger partial charge >= 0.3 is 6.03 Å². The molecule has 1 aliphatic heterocycles. The molecule has 0 aliphatic carbocycles. The average molecular weight is 256 g/mol. The van der Waals surface area contributed by atoms with E-state index in [1.165, 1.54) is 24.2 Å². The summed E-state index contributed by atoms with van der Waals surface area (Å²) in [5, 5.41) is 2.53. The number of rotatable bonds is 5. The van der Waals surface area contributed by atoms with Crippen molar-refractivity contribution in [3.05, 3.63) is 12.3 Å². The van der Waals surface area contributed by atoms with Gasteiger partial charge in [0, 0.05) is 26.3 Å². The van der Waals surface area contributed by atoms with Gasteiger partial charge in [0.2, 0.25) is 0 Å². The molecule has 1 heterocycles. The van der Waals surface area contributed by atoms with Crippen LogP contribution in [0.4, 0.5) is 4.79 Å². The maximum absolute atomic E-state index is 11.8. The molecule has 1 rings (SSSR count). The molecular weight excluding hydrogens is 236 g/mol. The minimum Gasteiger partial charge on any atom is -0.382 e. The van der Waals surface area contributed by atoms with Gasteiger partial charge in [-0.3, -0.25) is 9.69 Å². The maximum atomic E-state index is 11.8. The molecule has 2 amide bonds. The zero-order chi connectivity index (χ0) is 13.5. The number of methoxy groups -OCH3 is 1. The summed E-state index contributed by atoms with van der Waals surface area (Å²) in [5.74, 6) is 0.179. The quantitative estimate of drug-likeness (QED) is 0.582. The van der Waals surface area contributed by atoms with Gasteiger partial charge in [-0.2, -0.15) is 0 Å². The first-order valence-electron chi connectivity index (χ1n) is 5.90. The smallest absolute Gasteiger partial charge is 0.323 e. The fourth-order valence-corrected chi connectivity index (χ4v) is 2.08. The maximum Gasteiger partial charge on any atom is 0.323 e. The second-order valence-electron chi connectivity index (χ2n) is 4.26. The number of amides is 2. The lowest BCUT2D eigenvalue weighted by Crippen LogP contribution is -2.44. The molecule has 0 aromatic heterocycles. The molecule has 6 nitrogen and oxygen atoms in total. The predicted octanol–water partition coefficient (Wildman–Crippen LogP) is 0.738. The Bertz CT molecular complexity index is 319. The van der Waals surface area contributed by atoms with Gasteiger partial charge in [0.25, 0.3) is 0 Å². The summed E-state index contributed by atoms with van der Waals surface area (Å²) in [7, 11) is 3.15. The predicted molar refractivity (Wildman–Crippen MR) is 65.8 cm³/mol. The summed E-state index contributed by atoms with van der Waals surface area (Å²) in [6.45, 7) is 2.50. The number of hydrogen-bond donors (Lipinski definition) is 1. The highest BCUT2D eigenvalue weighted by Crippen LogP contribution is 2.29. The topological polar surface area (TPSA) is 67.9 Å². The fourth-order valence-electron chi connectivity index (χ4n) is 2.08. The normalized spacial score (nSPS) is 27.4. The highest BCUT2D eigenvalue weighted by Gasteiger charge is 2.37. The van der Waals surface area contributed by atoms with Crippen molar-refractivity contribution < 1.29 is 19.1 Å².